The summed E-state index contributed by atoms with van der Waals surface area (Å²) < 4.78 is 22.0. The molecule has 0 N–H and O–H groups in total. The van der Waals surface area contributed by atoms with Gasteiger partial charge in [0, 0.05) is 6.42 Å². The van der Waals surface area contributed by atoms with E-state index in [9.17, 15) is 0 Å². The van der Waals surface area contributed by atoms with E-state index >= 15 is 0 Å². The van der Waals surface area contributed by atoms with Crippen LogP contribution in [0.4, 0.5) is 0 Å². The van der Waals surface area contributed by atoms with Crippen LogP contribution in [-0.2, 0) is 22.7 Å². The molecular formula is C10H10O3S. The summed E-state index contributed by atoms with van der Waals surface area (Å²) in [5.41, 5.74) is 4.28. The van der Waals surface area contributed by atoms with Gasteiger partial charge in [-0.05, 0) is 18.1 Å². The van der Waals surface area contributed by atoms with Gasteiger partial charge in [0.05, 0.1) is 6.10 Å². The molecule has 0 saturated carbocycles. The van der Waals surface area contributed by atoms with Crippen LogP contribution in [0.5, 0.6) is 0 Å². The van der Waals surface area contributed by atoms with E-state index in [1.54, 1.807) is 0 Å². The van der Waals surface area contributed by atoms with E-state index in [0.29, 0.717) is 12.2 Å². The Kier molecular flexibility index (Phi) is 2.48. The summed E-state index contributed by atoms with van der Waals surface area (Å²) >= 11 is -0.750. The lowest BCUT2D eigenvalue weighted by atomic mass is 10.1. The lowest BCUT2D eigenvalue weighted by molar-refractivity contribution is 0.361. The third-order valence-corrected chi connectivity index (χ3v) is 2.61. The van der Waals surface area contributed by atoms with Gasteiger partial charge in [-0.1, -0.05) is 23.8 Å². The highest BCUT2D eigenvalue weighted by Gasteiger charge is 2.46. The number of rotatable bonds is 0. The maximum atomic E-state index is 8.29. The lowest BCUT2D eigenvalue weighted by Crippen LogP contribution is -1.88. The molecule has 1 heterocycles. The van der Waals surface area contributed by atoms with Gasteiger partial charge in [-0.3, -0.25) is 0 Å². The van der Waals surface area contributed by atoms with Crippen LogP contribution in [0, 0.1) is 6.92 Å². The van der Waals surface area contributed by atoms with Gasteiger partial charge >= 0.3 is 11.6 Å². The topological polar surface area (TPSA) is 46.7 Å². The minimum Gasteiger partial charge on any atom is -0.364 e. The summed E-state index contributed by atoms with van der Waals surface area (Å²) in [4.78, 5) is 0. The van der Waals surface area contributed by atoms with Gasteiger partial charge in [-0.25, -0.2) is 0 Å². The lowest BCUT2D eigenvalue weighted by Gasteiger charge is -2.01. The van der Waals surface area contributed by atoms with E-state index in [4.69, 9.17) is 13.2 Å². The molecule has 1 aliphatic carbocycles. The minimum absolute atomic E-state index is 0.463. The Balaban J connectivity index is 0.000000226. The third kappa shape index (κ3) is 1.63. The number of hydrogen-bond donors (Lipinski definition) is 0. The summed E-state index contributed by atoms with van der Waals surface area (Å²) in [5, 5.41) is 0. The molecule has 0 amide bonds. The summed E-state index contributed by atoms with van der Waals surface area (Å²) in [6.07, 6.45) is 2.14. The van der Waals surface area contributed by atoms with Gasteiger partial charge in [0.25, 0.3) is 0 Å². The molecule has 1 aromatic rings. The number of aryl methyl sites for hydroxylation is 1. The van der Waals surface area contributed by atoms with Crippen molar-refractivity contribution < 1.29 is 13.2 Å². The predicted octanol–water partition coefficient (Wildman–Crippen LogP) is 1.32. The van der Waals surface area contributed by atoms with Crippen molar-refractivity contribution in [2.75, 3.05) is 0 Å². The van der Waals surface area contributed by atoms with E-state index in [-0.39, 0.29) is 0 Å². The number of benzene rings is 1. The molecule has 2 aliphatic rings. The molecule has 4 heteroatoms. The highest BCUT2D eigenvalue weighted by molar-refractivity contribution is 7.51. The molecule has 3 nitrogen and oxygen atoms in total. The van der Waals surface area contributed by atoms with Crippen LogP contribution in [0.25, 0.3) is 0 Å². The van der Waals surface area contributed by atoms with Gasteiger partial charge in [-0.2, -0.15) is 8.42 Å². The first kappa shape index (κ1) is 9.55. The molecule has 1 aliphatic heterocycles. The fourth-order valence-electron chi connectivity index (χ4n) is 1.95. The van der Waals surface area contributed by atoms with Crippen molar-refractivity contribution in [1.82, 2.24) is 0 Å². The summed E-state index contributed by atoms with van der Waals surface area (Å²) in [7, 11) is 0. The average molecular weight is 210 g/mol. The van der Waals surface area contributed by atoms with Crippen molar-refractivity contribution in [3.05, 3.63) is 34.9 Å². The second kappa shape index (κ2) is 3.63. The highest BCUT2D eigenvalue weighted by Crippen LogP contribution is 2.48. The standard InChI is InChI=1S/C10H10O.O2S/c1-6-2-3-7-5-9-10(11-9)8(7)4-6;1-3-2/h2-4,9-10H,5H2,1H3;. The fourth-order valence-corrected chi connectivity index (χ4v) is 1.95. The van der Waals surface area contributed by atoms with E-state index in [0.717, 1.165) is 6.42 Å². The molecule has 1 fully saturated rings. The number of ether oxygens (including phenoxy) is 1. The molecule has 2 atom stereocenters. The van der Waals surface area contributed by atoms with Crippen molar-refractivity contribution >= 4 is 11.6 Å². The quantitative estimate of drug-likeness (QED) is 0.607. The largest absolute Gasteiger partial charge is 0.364 e. The Morgan fingerprint density at radius 3 is 2.86 bits per heavy atom. The second-order valence-corrected chi connectivity index (χ2v) is 3.71. The van der Waals surface area contributed by atoms with E-state index in [1.807, 2.05) is 0 Å². The second-order valence-electron chi connectivity index (χ2n) is 3.57. The zero-order valence-corrected chi connectivity index (χ0v) is 8.54. The van der Waals surface area contributed by atoms with E-state index in [2.05, 4.69) is 25.1 Å². The molecule has 3 rings (SSSR count). The van der Waals surface area contributed by atoms with Crippen LogP contribution >= 0.6 is 0 Å². The Bertz CT molecular complexity index is 396. The predicted molar refractivity (Wildman–Crippen MR) is 51.4 cm³/mol. The molecule has 0 aromatic heterocycles. The zero-order valence-electron chi connectivity index (χ0n) is 7.73. The van der Waals surface area contributed by atoms with Crippen molar-refractivity contribution in [2.45, 2.75) is 25.6 Å². The first-order valence-electron chi connectivity index (χ1n) is 4.43. The Hall–Kier alpha value is -1.00. The van der Waals surface area contributed by atoms with Crippen molar-refractivity contribution in [3.8, 4) is 0 Å². The molecule has 74 valence electrons. The molecule has 0 spiro atoms. The van der Waals surface area contributed by atoms with Crippen molar-refractivity contribution in [1.29, 1.82) is 0 Å². The third-order valence-electron chi connectivity index (χ3n) is 2.61. The molecular weight excluding hydrogens is 200 g/mol. The fraction of sp³-hybridized carbons (Fsp3) is 0.400. The Morgan fingerprint density at radius 2 is 2.14 bits per heavy atom. The number of fused-ring (bicyclic) bond motifs is 3. The molecule has 2 unspecified atom stereocenters. The molecule has 1 saturated heterocycles. The Morgan fingerprint density at radius 1 is 1.43 bits per heavy atom. The van der Waals surface area contributed by atoms with Crippen LogP contribution in [0.2, 0.25) is 0 Å². The van der Waals surface area contributed by atoms with Crippen LogP contribution in [-0.4, -0.2) is 14.5 Å². The van der Waals surface area contributed by atoms with Gasteiger partial charge in [0.2, 0.25) is 0 Å². The van der Waals surface area contributed by atoms with Crippen LogP contribution < -0.4 is 0 Å². The molecule has 14 heavy (non-hydrogen) atoms. The first-order chi connectivity index (χ1) is 6.76. The summed E-state index contributed by atoms with van der Waals surface area (Å²) in [6, 6.07) is 6.68. The number of hydrogen-bond acceptors (Lipinski definition) is 3. The summed E-state index contributed by atoms with van der Waals surface area (Å²) in [5.74, 6) is 0. The molecule has 0 bridgehead atoms. The van der Waals surface area contributed by atoms with Crippen LogP contribution in [0.3, 0.4) is 0 Å². The van der Waals surface area contributed by atoms with Crippen molar-refractivity contribution in [3.63, 3.8) is 0 Å². The van der Waals surface area contributed by atoms with E-state index in [1.165, 1.54) is 16.7 Å². The van der Waals surface area contributed by atoms with Gasteiger partial charge in [-0.15, -0.1) is 0 Å². The van der Waals surface area contributed by atoms with Crippen LogP contribution in [0.15, 0.2) is 18.2 Å². The van der Waals surface area contributed by atoms with Gasteiger partial charge in [0.15, 0.2) is 0 Å². The summed E-state index contributed by atoms with van der Waals surface area (Å²) in [6.45, 7) is 2.13. The first-order valence-corrected chi connectivity index (χ1v) is 5.09. The normalized spacial score (nSPS) is 25.5. The minimum atomic E-state index is -0.750. The zero-order chi connectivity index (χ0) is 10.1. The maximum absolute atomic E-state index is 8.29. The van der Waals surface area contributed by atoms with E-state index < -0.39 is 11.6 Å². The van der Waals surface area contributed by atoms with Gasteiger partial charge < -0.3 is 4.74 Å². The van der Waals surface area contributed by atoms with Crippen molar-refractivity contribution in [2.24, 2.45) is 0 Å². The highest BCUT2D eigenvalue weighted by atomic mass is 32.1. The number of epoxide rings is 1. The average Bonchev–Trinajstić information content (AvgIpc) is 2.83. The monoisotopic (exact) mass is 210 g/mol. The molecule has 0 radical (unpaired) electrons. The maximum Gasteiger partial charge on any atom is 0.335 e. The smallest absolute Gasteiger partial charge is 0.335 e. The molecule has 1 aromatic carbocycles. The van der Waals surface area contributed by atoms with Crippen LogP contribution in [0.1, 0.15) is 22.8 Å². The SMILES string of the molecule is Cc1ccc2c(c1)C1OC1C2.O=S=O. The Labute approximate surface area is 85.7 Å². The van der Waals surface area contributed by atoms with Gasteiger partial charge in [0.1, 0.15) is 6.10 Å².